The van der Waals surface area contributed by atoms with Gasteiger partial charge in [0.1, 0.15) is 5.75 Å². The third-order valence-electron chi connectivity index (χ3n) is 6.74. The van der Waals surface area contributed by atoms with Crippen molar-refractivity contribution in [3.05, 3.63) is 29.3 Å². The lowest BCUT2D eigenvalue weighted by molar-refractivity contribution is 0.0955. The smallest absolute Gasteiger partial charge is 0.211 e. The molecule has 1 aromatic rings. The number of fused-ring (bicyclic) bond motifs is 5. The van der Waals surface area contributed by atoms with Gasteiger partial charge in [0.15, 0.2) is 0 Å². The summed E-state index contributed by atoms with van der Waals surface area (Å²) in [5.74, 6) is 2.41. The molecular formula is C19H26N4O. The van der Waals surface area contributed by atoms with Gasteiger partial charge in [-0.05, 0) is 79.5 Å². The third kappa shape index (κ3) is 2.29. The maximum absolute atomic E-state index is 9.77. The van der Waals surface area contributed by atoms with Crippen LogP contribution in [0.15, 0.2) is 28.4 Å². The quantitative estimate of drug-likeness (QED) is 0.420. The van der Waals surface area contributed by atoms with Crippen LogP contribution in [0.5, 0.6) is 5.75 Å². The Morgan fingerprint density at radius 1 is 1.21 bits per heavy atom. The largest absolute Gasteiger partial charge is 0.508 e. The summed E-state index contributed by atoms with van der Waals surface area (Å²) in [6, 6.07) is 5.95. The molecule has 3 aliphatic rings. The lowest BCUT2D eigenvalue weighted by atomic mass is 9.55. The number of nitrogens with two attached hydrogens (primary N) is 2. The molecule has 3 aliphatic carbocycles. The van der Waals surface area contributed by atoms with Crippen molar-refractivity contribution in [2.75, 3.05) is 0 Å². The zero-order chi connectivity index (χ0) is 16.9. The Morgan fingerprint density at radius 2 is 2.04 bits per heavy atom. The van der Waals surface area contributed by atoms with Crippen LogP contribution in [0.4, 0.5) is 0 Å². The van der Waals surface area contributed by atoms with Gasteiger partial charge < -0.3 is 16.6 Å². The van der Waals surface area contributed by atoms with Gasteiger partial charge in [-0.2, -0.15) is 5.10 Å². The Morgan fingerprint density at radius 3 is 2.83 bits per heavy atom. The van der Waals surface area contributed by atoms with Crippen molar-refractivity contribution in [2.24, 2.45) is 38.9 Å². The Kier molecular flexibility index (Phi) is 3.55. The SMILES string of the molecule is CC12CCC3c4ccc(O)cc4CCC3C1CC/C2=N\N=C(N)N. The molecule has 0 aliphatic heterocycles. The van der Waals surface area contributed by atoms with E-state index in [9.17, 15) is 5.11 Å². The molecule has 2 fully saturated rings. The number of hydrogen-bond acceptors (Lipinski definition) is 3. The zero-order valence-corrected chi connectivity index (χ0v) is 14.2. The number of phenols is 1. The average Bonchev–Trinajstić information content (AvgIpc) is 2.89. The molecule has 5 heteroatoms. The van der Waals surface area contributed by atoms with Crippen molar-refractivity contribution < 1.29 is 5.11 Å². The predicted octanol–water partition coefficient (Wildman–Crippen LogP) is 2.88. The molecule has 5 nitrogen and oxygen atoms in total. The summed E-state index contributed by atoms with van der Waals surface area (Å²) in [6.07, 6.45) is 6.77. The third-order valence-corrected chi connectivity index (χ3v) is 6.74. The fourth-order valence-electron chi connectivity index (χ4n) is 5.64. The molecule has 0 aromatic heterocycles. The monoisotopic (exact) mass is 326 g/mol. The number of hydrogen-bond donors (Lipinski definition) is 3. The van der Waals surface area contributed by atoms with Gasteiger partial charge in [0.2, 0.25) is 5.96 Å². The van der Waals surface area contributed by atoms with Gasteiger partial charge in [-0.25, -0.2) is 0 Å². The van der Waals surface area contributed by atoms with E-state index < -0.39 is 0 Å². The fraction of sp³-hybridized carbons (Fsp3) is 0.579. The van der Waals surface area contributed by atoms with Crippen molar-refractivity contribution in [1.82, 2.24) is 0 Å². The van der Waals surface area contributed by atoms with Gasteiger partial charge in [-0.3, -0.25) is 0 Å². The van der Waals surface area contributed by atoms with Gasteiger partial charge in [0, 0.05) is 11.1 Å². The fourth-order valence-corrected chi connectivity index (χ4v) is 5.64. The molecule has 4 rings (SSSR count). The zero-order valence-electron chi connectivity index (χ0n) is 14.2. The molecule has 0 spiro atoms. The van der Waals surface area contributed by atoms with Crippen molar-refractivity contribution >= 4 is 11.7 Å². The maximum atomic E-state index is 9.77. The summed E-state index contributed by atoms with van der Waals surface area (Å²) in [6.45, 7) is 2.36. The molecule has 2 saturated carbocycles. The second-order valence-electron chi connectivity index (χ2n) is 7.87. The summed E-state index contributed by atoms with van der Waals surface area (Å²) in [7, 11) is 0. The van der Waals surface area contributed by atoms with Crippen molar-refractivity contribution in [3.63, 3.8) is 0 Å². The predicted molar refractivity (Wildman–Crippen MR) is 96.0 cm³/mol. The number of guanidine groups is 1. The molecular weight excluding hydrogens is 300 g/mol. The topological polar surface area (TPSA) is 97.0 Å². The summed E-state index contributed by atoms with van der Waals surface area (Å²) >= 11 is 0. The van der Waals surface area contributed by atoms with Crippen LogP contribution < -0.4 is 11.5 Å². The Labute approximate surface area is 142 Å². The van der Waals surface area contributed by atoms with Crippen LogP contribution in [-0.2, 0) is 6.42 Å². The highest BCUT2D eigenvalue weighted by molar-refractivity contribution is 5.93. The van der Waals surface area contributed by atoms with Gasteiger partial charge >= 0.3 is 0 Å². The van der Waals surface area contributed by atoms with Crippen LogP contribution in [0.1, 0.15) is 56.1 Å². The Bertz CT molecular complexity index is 722. The normalized spacial score (nSPS) is 35.9. The molecule has 0 bridgehead atoms. The number of benzene rings is 1. The number of phenolic OH excluding ortho intramolecular Hbond substituents is 1. The first-order valence-corrected chi connectivity index (χ1v) is 8.97. The number of nitrogens with zero attached hydrogens (tertiary/aromatic N) is 2. The minimum absolute atomic E-state index is 0.0367. The van der Waals surface area contributed by atoms with Crippen LogP contribution in [0.3, 0.4) is 0 Å². The molecule has 1 aromatic carbocycles. The molecule has 24 heavy (non-hydrogen) atoms. The highest BCUT2D eigenvalue weighted by Crippen LogP contribution is 2.59. The summed E-state index contributed by atoms with van der Waals surface area (Å²) < 4.78 is 0. The van der Waals surface area contributed by atoms with E-state index in [2.05, 4.69) is 23.2 Å². The van der Waals surface area contributed by atoms with Crippen LogP contribution >= 0.6 is 0 Å². The Hall–Kier alpha value is -2.04. The van der Waals surface area contributed by atoms with E-state index in [0.29, 0.717) is 23.5 Å². The van der Waals surface area contributed by atoms with Crippen LogP contribution in [0.2, 0.25) is 0 Å². The second-order valence-corrected chi connectivity index (χ2v) is 7.87. The molecule has 128 valence electrons. The van der Waals surface area contributed by atoms with E-state index in [1.807, 2.05) is 12.1 Å². The van der Waals surface area contributed by atoms with Crippen LogP contribution in [0, 0.1) is 17.3 Å². The van der Waals surface area contributed by atoms with E-state index in [1.165, 1.54) is 36.1 Å². The molecule has 4 atom stereocenters. The summed E-state index contributed by atoms with van der Waals surface area (Å²) in [4.78, 5) is 0. The number of aryl methyl sites for hydroxylation is 1. The minimum atomic E-state index is 0.0367. The van der Waals surface area contributed by atoms with Crippen LogP contribution in [-0.4, -0.2) is 16.8 Å². The molecule has 0 amide bonds. The molecule has 4 unspecified atom stereocenters. The lowest BCUT2D eigenvalue weighted by Crippen LogP contribution is -2.42. The Balaban J connectivity index is 1.66. The highest BCUT2D eigenvalue weighted by Gasteiger charge is 2.53. The average molecular weight is 326 g/mol. The number of aromatic hydroxyl groups is 1. The van der Waals surface area contributed by atoms with Gasteiger partial charge in [0.25, 0.3) is 0 Å². The summed E-state index contributed by atoms with van der Waals surface area (Å²) in [5, 5.41) is 18.1. The van der Waals surface area contributed by atoms with E-state index in [4.69, 9.17) is 11.5 Å². The standard InChI is InChI=1S/C19H26N4O/c1-19-9-8-14-13-5-3-12(24)10-11(13)2-4-15(14)16(19)6-7-17(19)22-23-18(20)21/h3,5,10,14-16,24H,2,4,6-9H2,1H3,(H4,20,21,23)/b22-17+. The van der Waals surface area contributed by atoms with Crippen LogP contribution in [0.25, 0.3) is 0 Å². The highest BCUT2D eigenvalue weighted by atomic mass is 16.3. The number of rotatable bonds is 1. The van der Waals surface area contributed by atoms with Gasteiger partial charge in [-0.1, -0.05) is 13.0 Å². The van der Waals surface area contributed by atoms with Crippen molar-refractivity contribution in [1.29, 1.82) is 0 Å². The second kappa shape index (κ2) is 5.50. The molecule has 5 N–H and O–H groups in total. The molecule has 0 saturated heterocycles. The maximum Gasteiger partial charge on any atom is 0.211 e. The first-order chi connectivity index (χ1) is 11.5. The first-order valence-electron chi connectivity index (χ1n) is 8.97. The van der Waals surface area contributed by atoms with Crippen molar-refractivity contribution in [3.8, 4) is 5.75 Å². The minimum Gasteiger partial charge on any atom is -0.508 e. The van der Waals surface area contributed by atoms with E-state index in [-0.39, 0.29) is 11.4 Å². The van der Waals surface area contributed by atoms with Crippen molar-refractivity contribution in [2.45, 2.75) is 51.4 Å². The van der Waals surface area contributed by atoms with Gasteiger partial charge in [0.05, 0.1) is 0 Å². The van der Waals surface area contributed by atoms with E-state index in [1.54, 1.807) is 0 Å². The molecule has 0 radical (unpaired) electrons. The lowest BCUT2D eigenvalue weighted by Gasteiger charge is -2.49. The van der Waals surface area contributed by atoms with E-state index >= 15 is 0 Å². The summed E-state index contributed by atoms with van der Waals surface area (Å²) in [5.41, 5.74) is 15.0. The van der Waals surface area contributed by atoms with Gasteiger partial charge in [-0.15, -0.1) is 5.10 Å². The molecule has 0 heterocycles. The van der Waals surface area contributed by atoms with E-state index in [0.717, 1.165) is 19.3 Å². The first kappa shape index (κ1) is 15.5.